The minimum atomic E-state index is -0.0237. The lowest BCUT2D eigenvalue weighted by Gasteiger charge is -2.04. The molecule has 0 aliphatic heterocycles. The first-order valence-corrected chi connectivity index (χ1v) is 5.32. The molecule has 4 N–H and O–H groups in total. The number of hydrogen-bond acceptors (Lipinski definition) is 3. The van der Waals surface area contributed by atoms with Crippen LogP contribution in [-0.4, -0.2) is 15.9 Å². The molecule has 5 heteroatoms. The van der Waals surface area contributed by atoms with Crippen LogP contribution in [0.15, 0.2) is 36.8 Å². The summed E-state index contributed by atoms with van der Waals surface area (Å²) in [5.41, 5.74) is 8.10. The zero-order valence-corrected chi connectivity index (χ0v) is 9.31. The molecule has 5 nitrogen and oxygen atoms in total. The second kappa shape index (κ2) is 5.16. The van der Waals surface area contributed by atoms with E-state index in [9.17, 15) is 4.79 Å². The van der Waals surface area contributed by atoms with E-state index in [-0.39, 0.29) is 5.91 Å². The van der Waals surface area contributed by atoms with Crippen LogP contribution < -0.4 is 11.1 Å². The lowest BCUT2D eigenvalue weighted by Crippen LogP contribution is -2.24. The molecule has 0 aliphatic carbocycles. The predicted molar refractivity (Wildman–Crippen MR) is 65.0 cm³/mol. The molecule has 0 atom stereocenters. The zero-order chi connectivity index (χ0) is 12.1. The standard InChI is InChI=1S/C12H14N4O/c13-10-3-1-9(2-4-10)5-12(17)15-7-11-6-14-8-16-11/h1-4,6,8H,5,7,13H2,(H,14,16)(H,15,17). The van der Waals surface area contributed by atoms with Crippen LogP contribution in [-0.2, 0) is 17.8 Å². The number of nitrogens with two attached hydrogens (primary N) is 1. The highest BCUT2D eigenvalue weighted by atomic mass is 16.1. The Bertz CT molecular complexity index is 476. The van der Waals surface area contributed by atoms with Crippen molar-refractivity contribution in [3.05, 3.63) is 48.0 Å². The van der Waals surface area contributed by atoms with Gasteiger partial charge >= 0.3 is 0 Å². The van der Waals surface area contributed by atoms with Crippen molar-refractivity contribution in [2.45, 2.75) is 13.0 Å². The number of H-pyrrole nitrogens is 1. The summed E-state index contributed by atoms with van der Waals surface area (Å²) in [6, 6.07) is 7.28. The molecule has 1 heterocycles. The first-order chi connectivity index (χ1) is 8.24. The summed E-state index contributed by atoms with van der Waals surface area (Å²) in [6.45, 7) is 0.466. The van der Waals surface area contributed by atoms with Crippen molar-refractivity contribution in [1.82, 2.24) is 15.3 Å². The molecule has 2 rings (SSSR count). The number of hydrogen-bond donors (Lipinski definition) is 3. The van der Waals surface area contributed by atoms with Gasteiger partial charge in [0.2, 0.25) is 5.91 Å². The van der Waals surface area contributed by atoms with Crippen LogP contribution >= 0.6 is 0 Å². The van der Waals surface area contributed by atoms with Crippen molar-refractivity contribution in [3.63, 3.8) is 0 Å². The second-order valence-electron chi connectivity index (χ2n) is 3.77. The molecular weight excluding hydrogens is 216 g/mol. The van der Waals surface area contributed by atoms with Crippen molar-refractivity contribution in [2.24, 2.45) is 0 Å². The highest BCUT2D eigenvalue weighted by molar-refractivity contribution is 5.78. The number of carbonyl (C=O) groups excluding carboxylic acids is 1. The number of imidazole rings is 1. The number of nitrogens with zero attached hydrogens (tertiary/aromatic N) is 1. The molecule has 1 aromatic carbocycles. The van der Waals surface area contributed by atoms with Crippen LogP contribution in [0.1, 0.15) is 11.3 Å². The van der Waals surface area contributed by atoms with Gasteiger partial charge in [0.25, 0.3) is 0 Å². The number of aromatic amines is 1. The van der Waals surface area contributed by atoms with Gasteiger partial charge in [-0.25, -0.2) is 4.98 Å². The molecule has 0 saturated carbocycles. The summed E-state index contributed by atoms with van der Waals surface area (Å²) in [5.74, 6) is -0.0237. The Morgan fingerprint density at radius 2 is 2.12 bits per heavy atom. The van der Waals surface area contributed by atoms with Crippen molar-refractivity contribution in [1.29, 1.82) is 0 Å². The maximum atomic E-state index is 11.6. The Hall–Kier alpha value is -2.30. The summed E-state index contributed by atoms with van der Waals surface area (Å²) >= 11 is 0. The van der Waals surface area contributed by atoms with E-state index in [2.05, 4.69) is 15.3 Å². The van der Waals surface area contributed by atoms with Gasteiger partial charge in [0.05, 0.1) is 25.0 Å². The highest BCUT2D eigenvalue weighted by Crippen LogP contribution is 2.05. The van der Waals surface area contributed by atoms with Crippen LogP contribution in [0.25, 0.3) is 0 Å². The molecule has 0 fully saturated rings. The lowest BCUT2D eigenvalue weighted by atomic mass is 10.1. The summed E-state index contributed by atoms with van der Waals surface area (Å²) in [7, 11) is 0. The highest BCUT2D eigenvalue weighted by Gasteiger charge is 2.03. The van der Waals surface area contributed by atoms with Crippen LogP contribution in [0.5, 0.6) is 0 Å². The van der Waals surface area contributed by atoms with Crippen molar-refractivity contribution < 1.29 is 4.79 Å². The Balaban J connectivity index is 1.83. The van der Waals surface area contributed by atoms with E-state index in [4.69, 9.17) is 5.73 Å². The Kier molecular flexibility index (Phi) is 3.40. The number of nitrogens with one attached hydrogen (secondary N) is 2. The van der Waals surface area contributed by atoms with E-state index in [1.807, 2.05) is 12.1 Å². The molecule has 0 saturated heterocycles. The van der Waals surface area contributed by atoms with Gasteiger partial charge in [0.15, 0.2) is 0 Å². The average molecular weight is 230 g/mol. The number of benzene rings is 1. The van der Waals surface area contributed by atoms with Crippen molar-refractivity contribution >= 4 is 11.6 Å². The van der Waals surface area contributed by atoms with Crippen LogP contribution in [0.4, 0.5) is 5.69 Å². The molecule has 17 heavy (non-hydrogen) atoms. The van der Waals surface area contributed by atoms with E-state index in [1.54, 1.807) is 24.7 Å². The Morgan fingerprint density at radius 3 is 2.76 bits per heavy atom. The number of carbonyl (C=O) groups is 1. The van der Waals surface area contributed by atoms with Gasteiger partial charge in [-0.15, -0.1) is 0 Å². The third-order valence-electron chi connectivity index (χ3n) is 2.38. The molecule has 0 spiro atoms. The van der Waals surface area contributed by atoms with Crippen LogP contribution in [0, 0.1) is 0 Å². The van der Waals surface area contributed by atoms with Gasteiger partial charge in [-0.3, -0.25) is 4.79 Å². The van der Waals surface area contributed by atoms with Crippen LogP contribution in [0.2, 0.25) is 0 Å². The molecule has 0 radical (unpaired) electrons. The lowest BCUT2D eigenvalue weighted by molar-refractivity contribution is -0.120. The van der Waals surface area contributed by atoms with E-state index >= 15 is 0 Å². The first kappa shape index (κ1) is 11.2. The Labute approximate surface area is 99.1 Å². The largest absolute Gasteiger partial charge is 0.399 e. The zero-order valence-electron chi connectivity index (χ0n) is 9.31. The maximum absolute atomic E-state index is 11.6. The number of anilines is 1. The fraction of sp³-hybridized carbons (Fsp3) is 0.167. The smallest absolute Gasteiger partial charge is 0.224 e. The average Bonchev–Trinajstić information content (AvgIpc) is 2.83. The predicted octanol–water partition coefficient (Wildman–Crippen LogP) is 0.851. The summed E-state index contributed by atoms with van der Waals surface area (Å²) in [5, 5.41) is 2.81. The summed E-state index contributed by atoms with van der Waals surface area (Å²) < 4.78 is 0. The fourth-order valence-corrected chi connectivity index (χ4v) is 1.46. The molecule has 0 aliphatic rings. The van der Waals surface area contributed by atoms with Gasteiger partial charge < -0.3 is 16.0 Å². The Morgan fingerprint density at radius 1 is 1.35 bits per heavy atom. The van der Waals surface area contributed by atoms with E-state index < -0.39 is 0 Å². The number of rotatable bonds is 4. The molecular formula is C12H14N4O. The summed E-state index contributed by atoms with van der Waals surface area (Å²) in [4.78, 5) is 18.4. The number of nitrogen functional groups attached to an aromatic ring is 1. The first-order valence-electron chi connectivity index (χ1n) is 5.32. The van der Waals surface area contributed by atoms with E-state index in [0.29, 0.717) is 18.7 Å². The minimum absolute atomic E-state index is 0.0237. The van der Waals surface area contributed by atoms with Gasteiger partial charge in [0.1, 0.15) is 0 Å². The van der Waals surface area contributed by atoms with Crippen LogP contribution in [0.3, 0.4) is 0 Å². The van der Waals surface area contributed by atoms with E-state index in [1.165, 1.54) is 0 Å². The third-order valence-corrected chi connectivity index (χ3v) is 2.38. The maximum Gasteiger partial charge on any atom is 0.224 e. The molecule has 1 amide bonds. The quantitative estimate of drug-likeness (QED) is 0.681. The molecule has 0 unspecified atom stereocenters. The van der Waals surface area contributed by atoms with Gasteiger partial charge in [-0.2, -0.15) is 0 Å². The number of aromatic nitrogens is 2. The number of amides is 1. The fourth-order valence-electron chi connectivity index (χ4n) is 1.46. The van der Waals surface area contributed by atoms with Gasteiger partial charge in [-0.05, 0) is 17.7 Å². The van der Waals surface area contributed by atoms with Gasteiger partial charge in [-0.1, -0.05) is 12.1 Å². The topological polar surface area (TPSA) is 83.8 Å². The molecule has 88 valence electrons. The molecule has 1 aromatic heterocycles. The van der Waals surface area contributed by atoms with Crippen molar-refractivity contribution in [3.8, 4) is 0 Å². The monoisotopic (exact) mass is 230 g/mol. The SMILES string of the molecule is Nc1ccc(CC(=O)NCc2cnc[nH]2)cc1. The third kappa shape index (κ3) is 3.34. The normalized spacial score (nSPS) is 10.1. The molecule has 2 aromatic rings. The summed E-state index contributed by atoms with van der Waals surface area (Å²) in [6.07, 6.45) is 3.62. The van der Waals surface area contributed by atoms with Gasteiger partial charge in [0, 0.05) is 11.9 Å². The minimum Gasteiger partial charge on any atom is -0.399 e. The van der Waals surface area contributed by atoms with E-state index in [0.717, 1.165) is 11.3 Å². The molecule has 0 bridgehead atoms. The van der Waals surface area contributed by atoms with Crippen molar-refractivity contribution in [2.75, 3.05) is 5.73 Å². The second-order valence-corrected chi connectivity index (χ2v) is 3.77.